The molecule has 0 saturated heterocycles. The number of benzene rings is 2. The van der Waals surface area contributed by atoms with Crippen molar-refractivity contribution in [3.8, 4) is 6.07 Å². The highest BCUT2D eigenvalue weighted by Crippen LogP contribution is 2.25. The lowest BCUT2D eigenvalue weighted by Crippen LogP contribution is -2.34. The van der Waals surface area contributed by atoms with Crippen molar-refractivity contribution in [3.63, 3.8) is 0 Å². The number of furan rings is 1. The zero-order valence-corrected chi connectivity index (χ0v) is 20.0. The van der Waals surface area contributed by atoms with Gasteiger partial charge in [-0.25, -0.2) is 0 Å². The maximum atomic E-state index is 12.5. The number of carbonyl (C=O) groups excluding carboxylic acids is 3. The van der Waals surface area contributed by atoms with Crippen LogP contribution >= 0.6 is 23.2 Å². The zero-order valence-electron chi connectivity index (χ0n) is 18.5. The number of carbonyl (C=O) groups is 3. The Hall–Kier alpha value is -4.06. The minimum absolute atomic E-state index is 0.0827. The highest BCUT2D eigenvalue weighted by Gasteiger charge is 2.16. The Balaban J connectivity index is 1.56. The standard InChI is InChI=1S/C25H20Cl2N4O4/c1-15(16-5-3-2-4-6-16)30-23(32)17(13-28)11-19-8-9-20(35-19)14-29-24(33)25(34)31-18-7-10-21(26)22(27)12-18/h2-12,15H,14H2,1H3,(H,29,33)(H,30,32)(H,31,34)/b17-11-/t15-/m1/s1. The van der Waals surface area contributed by atoms with Crippen molar-refractivity contribution in [2.24, 2.45) is 0 Å². The second kappa shape index (κ2) is 11.9. The van der Waals surface area contributed by atoms with E-state index in [2.05, 4.69) is 16.0 Å². The van der Waals surface area contributed by atoms with Gasteiger partial charge in [-0.2, -0.15) is 5.26 Å². The molecule has 0 unspecified atom stereocenters. The second-order valence-corrected chi connectivity index (χ2v) is 8.16. The molecule has 3 N–H and O–H groups in total. The van der Waals surface area contributed by atoms with E-state index in [0.29, 0.717) is 16.5 Å². The van der Waals surface area contributed by atoms with Gasteiger partial charge in [0.05, 0.1) is 22.6 Å². The van der Waals surface area contributed by atoms with Crippen LogP contribution in [0.5, 0.6) is 0 Å². The lowest BCUT2D eigenvalue weighted by Gasteiger charge is -2.13. The van der Waals surface area contributed by atoms with Crippen molar-refractivity contribution in [2.45, 2.75) is 19.5 Å². The van der Waals surface area contributed by atoms with Crippen molar-refractivity contribution in [2.75, 3.05) is 5.32 Å². The largest absolute Gasteiger partial charge is 0.460 e. The lowest BCUT2D eigenvalue weighted by atomic mass is 10.1. The number of amides is 3. The third kappa shape index (κ3) is 7.21. The maximum absolute atomic E-state index is 12.5. The summed E-state index contributed by atoms with van der Waals surface area (Å²) in [7, 11) is 0. The number of rotatable bonds is 7. The average Bonchev–Trinajstić information content (AvgIpc) is 3.31. The topological polar surface area (TPSA) is 124 Å². The first kappa shape index (κ1) is 25.6. The number of hydrogen-bond donors (Lipinski definition) is 3. The van der Waals surface area contributed by atoms with Crippen LogP contribution in [0.3, 0.4) is 0 Å². The highest BCUT2D eigenvalue weighted by atomic mass is 35.5. The molecule has 10 heteroatoms. The number of hydrogen-bond acceptors (Lipinski definition) is 5. The van der Waals surface area contributed by atoms with Crippen molar-refractivity contribution in [1.29, 1.82) is 5.26 Å². The first-order valence-corrected chi connectivity index (χ1v) is 11.1. The van der Waals surface area contributed by atoms with Gasteiger partial charge >= 0.3 is 11.8 Å². The Kier molecular flexibility index (Phi) is 8.68. The maximum Gasteiger partial charge on any atom is 0.313 e. The molecule has 35 heavy (non-hydrogen) atoms. The Bertz CT molecular complexity index is 1310. The van der Waals surface area contributed by atoms with E-state index in [9.17, 15) is 19.6 Å². The van der Waals surface area contributed by atoms with Crippen molar-refractivity contribution in [3.05, 3.63) is 93.4 Å². The van der Waals surface area contributed by atoms with Crippen LogP contribution < -0.4 is 16.0 Å². The Morgan fingerprint density at radius 3 is 2.43 bits per heavy atom. The fourth-order valence-electron chi connectivity index (χ4n) is 2.97. The van der Waals surface area contributed by atoms with Crippen LogP contribution in [0.2, 0.25) is 10.0 Å². The van der Waals surface area contributed by atoms with Crippen LogP contribution in [0.1, 0.15) is 30.0 Å². The molecule has 1 heterocycles. The molecule has 0 spiro atoms. The third-order valence-corrected chi connectivity index (χ3v) is 5.53. The summed E-state index contributed by atoms with van der Waals surface area (Å²) in [5.41, 5.74) is 1.07. The van der Waals surface area contributed by atoms with Gasteiger partial charge in [-0.3, -0.25) is 14.4 Å². The van der Waals surface area contributed by atoms with Gasteiger partial charge in [-0.15, -0.1) is 0 Å². The van der Waals surface area contributed by atoms with E-state index >= 15 is 0 Å². The van der Waals surface area contributed by atoms with Crippen LogP contribution in [0, 0.1) is 11.3 Å². The summed E-state index contributed by atoms with van der Waals surface area (Å²) in [6.45, 7) is 1.73. The fourth-order valence-corrected chi connectivity index (χ4v) is 3.26. The van der Waals surface area contributed by atoms with Gasteiger partial charge in [-0.1, -0.05) is 53.5 Å². The molecule has 0 fully saturated rings. The lowest BCUT2D eigenvalue weighted by molar-refractivity contribution is -0.136. The molecule has 0 radical (unpaired) electrons. The second-order valence-electron chi connectivity index (χ2n) is 7.35. The van der Waals surface area contributed by atoms with Gasteiger partial charge in [0.1, 0.15) is 23.2 Å². The molecule has 178 valence electrons. The van der Waals surface area contributed by atoms with Crippen LogP contribution in [0.4, 0.5) is 5.69 Å². The quantitative estimate of drug-likeness (QED) is 0.243. The minimum atomic E-state index is -0.897. The molecule has 1 atom stereocenters. The zero-order chi connectivity index (χ0) is 25.4. The van der Waals surface area contributed by atoms with Crippen molar-refractivity contribution in [1.82, 2.24) is 10.6 Å². The molecule has 3 rings (SSSR count). The number of nitriles is 1. The molecule has 0 aliphatic rings. The first-order valence-electron chi connectivity index (χ1n) is 10.4. The van der Waals surface area contributed by atoms with E-state index in [1.54, 1.807) is 12.1 Å². The minimum Gasteiger partial charge on any atom is -0.460 e. The summed E-state index contributed by atoms with van der Waals surface area (Å²) in [4.78, 5) is 36.6. The summed E-state index contributed by atoms with van der Waals surface area (Å²) in [6, 6.07) is 18.4. The molecule has 2 aromatic carbocycles. The number of halogens is 2. The highest BCUT2D eigenvalue weighted by molar-refractivity contribution is 6.42. The van der Waals surface area contributed by atoms with Gasteiger partial charge in [0.15, 0.2) is 0 Å². The summed E-state index contributed by atoms with van der Waals surface area (Å²) in [5, 5.41) is 17.6. The van der Waals surface area contributed by atoms with E-state index in [4.69, 9.17) is 27.6 Å². The van der Waals surface area contributed by atoms with Crippen molar-refractivity contribution < 1.29 is 18.8 Å². The SMILES string of the molecule is C[C@@H](NC(=O)/C(C#N)=C\c1ccc(CNC(=O)C(=O)Nc2ccc(Cl)c(Cl)c2)o1)c1ccccc1. The predicted octanol–water partition coefficient (Wildman–Crippen LogP) is 4.63. The average molecular weight is 511 g/mol. The molecule has 0 aliphatic carbocycles. The molecule has 1 aromatic heterocycles. The van der Waals surface area contributed by atoms with Gasteiger partial charge in [-0.05, 0) is 42.8 Å². The summed E-state index contributed by atoms with van der Waals surface area (Å²) >= 11 is 11.7. The van der Waals surface area contributed by atoms with Gasteiger partial charge in [0.2, 0.25) is 0 Å². The first-order chi connectivity index (χ1) is 16.8. The molecular weight excluding hydrogens is 491 g/mol. The predicted molar refractivity (Wildman–Crippen MR) is 132 cm³/mol. The normalized spacial score (nSPS) is 11.8. The van der Waals surface area contributed by atoms with E-state index in [-0.39, 0.29) is 28.9 Å². The Morgan fingerprint density at radius 1 is 1.00 bits per heavy atom. The summed E-state index contributed by atoms with van der Waals surface area (Å²) in [6.07, 6.45) is 1.30. The van der Waals surface area contributed by atoms with Crippen LogP contribution in [0.25, 0.3) is 6.08 Å². The van der Waals surface area contributed by atoms with Crippen LogP contribution in [-0.2, 0) is 20.9 Å². The van der Waals surface area contributed by atoms with E-state index in [0.717, 1.165) is 5.56 Å². The summed E-state index contributed by atoms with van der Waals surface area (Å²) in [5.74, 6) is -1.77. The molecule has 0 saturated carbocycles. The van der Waals surface area contributed by atoms with Gasteiger partial charge in [0, 0.05) is 11.8 Å². The third-order valence-electron chi connectivity index (χ3n) is 4.79. The summed E-state index contributed by atoms with van der Waals surface area (Å²) < 4.78 is 5.55. The smallest absolute Gasteiger partial charge is 0.313 e. The molecule has 8 nitrogen and oxygen atoms in total. The molecule has 0 aliphatic heterocycles. The van der Waals surface area contributed by atoms with Gasteiger partial charge < -0.3 is 20.4 Å². The number of nitrogens with zero attached hydrogens (tertiary/aromatic N) is 1. The van der Waals surface area contributed by atoms with E-state index < -0.39 is 17.7 Å². The Labute approximate surface area is 211 Å². The Morgan fingerprint density at radius 2 is 1.74 bits per heavy atom. The molecule has 3 aromatic rings. The molecule has 0 bridgehead atoms. The monoisotopic (exact) mass is 510 g/mol. The molecular formula is C25H20Cl2N4O4. The van der Waals surface area contributed by atoms with E-state index in [1.807, 2.05) is 43.3 Å². The number of anilines is 1. The fraction of sp³-hybridized carbons (Fsp3) is 0.120. The van der Waals surface area contributed by atoms with Gasteiger partial charge in [0.25, 0.3) is 5.91 Å². The van der Waals surface area contributed by atoms with Crippen molar-refractivity contribution >= 4 is 52.7 Å². The van der Waals surface area contributed by atoms with Crippen LogP contribution in [0.15, 0.2) is 70.7 Å². The van der Waals surface area contributed by atoms with Crippen LogP contribution in [-0.4, -0.2) is 17.7 Å². The molecule has 3 amide bonds. The van der Waals surface area contributed by atoms with E-state index in [1.165, 1.54) is 24.3 Å². The number of nitrogens with one attached hydrogen (secondary N) is 3.